The van der Waals surface area contributed by atoms with Crippen molar-refractivity contribution in [3.63, 3.8) is 0 Å². The molecule has 6 heteroatoms. The quantitative estimate of drug-likeness (QED) is 0.414. The first-order valence-corrected chi connectivity index (χ1v) is 6.92. The van der Waals surface area contributed by atoms with Gasteiger partial charge in [0.05, 0.1) is 11.1 Å². The van der Waals surface area contributed by atoms with Gasteiger partial charge in [0.1, 0.15) is 22.5 Å². The number of anilines is 1. The summed E-state index contributed by atoms with van der Waals surface area (Å²) in [5, 5.41) is 10.8. The van der Waals surface area contributed by atoms with Crippen LogP contribution < -0.4 is 11.4 Å². The molecule has 0 spiro atoms. The number of phenols is 1. The third-order valence-electron chi connectivity index (χ3n) is 3.63. The number of benzene rings is 2. The summed E-state index contributed by atoms with van der Waals surface area (Å²) >= 11 is 0. The molecule has 2 heterocycles. The lowest BCUT2D eigenvalue weighted by molar-refractivity contribution is 0.477. The predicted octanol–water partition coefficient (Wildman–Crippen LogP) is 2.69. The van der Waals surface area contributed by atoms with E-state index in [1.165, 1.54) is 6.07 Å². The van der Waals surface area contributed by atoms with Crippen LogP contribution in [0.15, 0.2) is 57.7 Å². The fourth-order valence-corrected chi connectivity index (χ4v) is 2.56. The number of fused-ring (bicyclic) bond motifs is 3. The Bertz CT molecular complexity index is 1120. The van der Waals surface area contributed by atoms with Crippen LogP contribution in [0.5, 0.6) is 5.75 Å². The van der Waals surface area contributed by atoms with E-state index in [4.69, 9.17) is 10.2 Å². The van der Waals surface area contributed by atoms with Gasteiger partial charge in [0.15, 0.2) is 5.82 Å². The van der Waals surface area contributed by atoms with Crippen molar-refractivity contribution >= 4 is 27.7 Å². The average Bonchev–Trinajstić information content (AvgIpc) is 2.55. The number of nitrogens with two attached hydrogens (primary N) is 1. The van der Waals surface area contributed by atoms with Crippen molar-refractivity contribution in [3.8, 4) is 17.1 Å². The van der Waals surface area contributed by atoms with Crippen LogP contribution in [0.3, 0.4) is 0 Å². The Balaban J connectivity index is 2.17. The second-order valence-corrected chi connectivity index (χ2v) is 5.06. The lowest BCUT2D eigenvalue weighted by atomic mass is 10.1. The monoisotopic (exact) mass is 305 g/mol. The van der Waals surface area contributed by atoms with Gasteiger partial charge in [0.2, 0.25) is 0 Å². The molecule has 2 aromatic heterocycles. The Hall–Kier alpha value is -3.41. The number of hydrogen-bond acceptors (Lipinski definition) is 6. The third-order valence-corrected chi connectivity index (χ3v) is 3.63. The number of aromatic nitrogens is 2. The molecule has 0 amide bonds. The Morgan fingerprint density at radius 3 is 2.57 bits per heavy atom. The van der Waals surface area contributed by atoms with Gasteiger partial charge in [-0.25, -0.2) is 14.8 Å². The normalized spacial score (nSPS) is 11.1. The van der Waals surface area contributed by atoms with Crippen LogP contribution in [-0.4, -0.2) is 15.1 Å². The van der Waals surface area contributed by atoms with Gasteiger partial charge in [-0.05, 0) is 24.3 Å². The number of aromatic hydroxyl groups is 1. The van der Waals surface area contributed by atoms with Gasteiger partial charge >= 0.3 is 5.63 Å². The van der Waals surface area contributed by atoms with Crippen LogP contribution in [0.25, 0.3) is 33.3 Å². The minimum atomic E-state index is -0.583. The Labute approximate surface area is 129 Å². The van der Waals surface area contributed by atoms with Gasteiger partial charge in [-0.3, -0.25) is 0 Å². The standard InChI is InChI=1S/C17H11N3O3/c18-15-13-14(10-6-2-4-8-12(10)23-17(13)22)19-16(20-15)9-5-1-3-7-11(9)21/h1-8,21H,(H2,18,19,20). The summed E-state index contributed by atoms with van der Waals surface area (Å²) in [5.74, 6) is 0.315. The summed E-state index contributed by atoms with van der Waals surface area (Å²) in [6.45, 7) is 0. The van der Waals surface area contributed by atoms with Crippen LogP contribution in [0, 0.1) is 0 Å². The second kappa shape index (κ2) is 4.81. The Morgan fingerprint density at radius 1 is 1.00 bits per heavy atom. The van der Waals surface area contributed by atoms with Gasteiger partial charge in [0.25, 0.3) is 0 Å². The summed E-state index contributed by atoms with van der Waals surface area (Å²) in [7, 11) is 0. The van der Waals surface area contributed by atoms with E-state index in [-0.39, 0.29) is 22.8 Å². The van der Waals surface area contributed by atoms with Crippen molar-refractivity contribution in [1.29, 1.82) is 0 Å². The molecule has 6 nitrogen and oxygen atoms in total. The van der Waals surface area contributed by atoms with E-state index in [1.807, 2.05) is 6.07 Å². The molecule has 0 fully saturated rings. The van der Waals surface area contributed by atoms with Crippen LogP contribution in [-0.2, 0) is 0 Å². The summed E-state index contributed by atoms with van der Waals surface area (Å²) in [4.78, 5) is 20.7. The van der Waals surface area contributed by atoms with E-state index in [2.05, 4.69) is 9.97 Å². The molecule has 4 aromatic rings. The first-order valence-electron chi connectivity index (χ1n) is 6.92. The third kappa shape index (κ3) is 2.00. The zero-order valence-electron chi connectivity index (χ0n) is 11.9. The van der Waals surface area contributed by atoms with E-state index >= 15 is 0 Å². The molecular weight excluding hydrogens is 294 g/mol. The van der Waals surface area contributed by atoms with Crippen molar-refractivity contribution in [3.05, 3.63) is 59.0 Å². The number of nitrogens with zero attached hydrogens (tertiary/aromatic N) is 2. The lowest BCUT2D eigenvalue weighted by Crippen LogP contribution is -2.08. The molecule has 4 rings (SSSR count). The highest BCUT2D eigenvalue weighted by Gasteiger charge is 2.16. The highest BCUT2D eigenvalue weighted by molar-refractivity contribution is 6.05. The molecule has 0 aliphatic carbocycles. The zero-order chi connectivity index (χ0) is 16.0. The van der Waals surface area contributed by atoms with Crippen molar-refractivity contribution in [2.24, 2.45) is 0 Å². The molecule has 112 valence electrons. The highest BCUT2D eigenvalue weighted by atomic mass is 16.4. The Morgan fingerprint density at radius 2 is 1.74 bits per heavy atom. The molecule has 0 bridgehead atoms. The van der Waals surface area contributed by atoms with E-state index in [9.17, 15) is 9.90 Å². The number of nitrogen functional groups attached to an aromatic ring is 1. The predicted molar refractivity (Wildman–Crippen MR) is 87.1 cm³/mol. The topological polar surface area (TPSA) is 102 Å². The summed E-state index contributed by atoms with van der Waals surface area (Å²) < 4.78 is 5.26. The van der Waals surface area contributed by atoms with Crippen molar-refractivity contribution in [2.45, 2.75) is 0 Å². The average molecular weight is 305 g/mol. The molecule has 2 aromatic carbocycles. The number of phenolic OH excluding ortho intramolecular Hbond substituents is 1. The molecule has 0 aliphatic heterocycles. The van der Waals surface area contributed by atoms with Gasteiger partial charge < -0.3 is 15.3 Å². The molecule has 0 aliphatic rings. The fraction of sp³-hybridized carbons (Fsp3) is 0. The fourth-order valence-electron chi connectivity index (χ4n) is 2.56. The van der Waals surface area contributed by atoms with E-state index in [0.29, 0.717) is 22.0 Å². The van der Waals surface area contributed by atoms with Gasteiger partial charge in [-0.2, -0.15) is 0 Å². The zero-order valence-corrected chi connectivity index (χ0v) is 11.9. The maximum absolute atomic E-state index is 12.2. The maximum Gasteiger partial charge on any atom is 0.349 e. The largest absolute Gasteiger partial charge is 0.507 e. The van der Waals surface area contributed by atoms with Gasteiger partial charge in [-0.15, -0.1) is 0 Å². The number of rotatable bonds is 1. The summed E-state index contributed by atoms with van der Waals surface area (Å²) in [6, 6.07) is 13.8. The molecule has 0 radical (unpaired) electrons. The van der Waals surface area contributed by atoms with E-state index in [0.717, 1.165) is 0 Å². The van der Waals surface area contributed by atoms with Gasteiger partial charge in [-0.1, -0.05) is 24.3 Å². The molecule has 0 atom stereocenters. The minimum absolute atomic E-state index is 0.0211. The lowest BCUT2D eigenvalue weighted by Gasteiger charge is -2.08. The first kappa shape index (κ1) is 13.3. The van der Waals surface area contributed by atoms with Crippen molar-refractivity contribution in [2.75, 3.05) is 5.73 Å². The van der Waals surface area contributed by atoms with Crippen LogP contribution in [0.1, 0.15) is 0 Å². The minimum Gasteiger partial charge on any atom is -0.507 e. The smallest absolute Gasteiger partial charge is 0.349 e. The van der Waals surface area contributed by atoms with E-state index < -0.39 is 5.63 Å². The first-order chi connectivity index (χ1) is 11.1. The molecule has 0 saturated carbocycles. The number of para-hydroxylation sites is 2. The van der Waals surface area contributed by atoms with Crippen LogP contribution >= 0.6 is 0 Å². The summed E-state index contributed by atoms with van der Waals surface area (Å²) in [5.41, 5.74) is 6.63. The molecule has 23 heavy (non-hydrogen) atoms. The second-order valence-electron chi connectivity index (χ2n) is 5.06. The van der Waals surface area contributed by atoms with Crippen LogP contribution in [0.2, 0.25) is 0 Å². The highest BCUT2D eigenvalue weighted by Crippen LogP contribution is 2.30. The SMILES string of the molecule is Nc1nc(-c2ccccc2O)nc2c1c(=O)oc1ccccc12. The Kier molecular flexibility index (Phi) is 2.77. The molecule has 3 N–H and O–H groups in total. The van der Waals surface area contributed by atoms with Crippen molar-refractivity contribution in [1.82, 2.24) is 9.97 Å². The summed E-state index contributed by atoms with van der Waals surface area (Å²) in [6.07, 6.45) is 0. The molecular formula is C17H11N3O3. The van der Waals surface area contributed by atoms with E-state index in [1.54, 1.807) is 36.4 Å². The molecule has 0 saturated heterocycles. The van der Waals surface area contributed by atoms with Gasteiger partial charge in [0, 0.05) is 5.39 Å². The van der Waals surface area contributed by atoms with Crippen LogP contribution in [0.4, 0.5) is 5.82 Å². The maximum atomic E-state index is 12.2. The number of hydrogen-bond donors (Lipinski definition) is 2. The molecule has 0 unspecified atom stereocenters. The van der Waals surface area contributed by atoms with Crippen molar-refractivity contribution < 1.29 is 9.52 Å².